The summed E-state index contributed by atoms with van der Waals surface area (Å²) in [6, 6.07) is 9.94. The molecule has 8 nitrogen and oxygen atoms in total. The Morgan fingerprint density at radius 1 is 1.20 bits per heavy atom. The number of likely N-dealkylation sites (N-methyl/N-ethyl adjacent to an activating group) is 1. The number of nitrogens with zero attached hydrogens (tertiary/aromatic N) is 3. The lowest BCUT2D eigenvalue weighted by atomic mass is 10.1. The summed E-state index contributed by atoms with van der Waals surface area (Å²) in [5.41, 5.74) is 4.54. The van der Waals surface area contributed by atoms with Crippen molar-refractivity contribution in [2.24, 2.45) is 0 Å². The SMILES string of the molecule is Cc1cc(CCN2CCN(C)CC2)ccc1NC1=C(C=O)C(=O)/C(=C/c2c[nH]c3ncccc23)O1. The Hall–Kier alpha value is -3.75. The molecular weight excluding hydrogens is 442 g/mol. The number of carbonyl (C=O) groups excluding carboxylic acids is 2. The first-order valence-corrected chi connectivity index (χ1v) is 11.8. The molecule has 2 aromatic heterocycles. The first-order valence-electron chi connectivity index (χ1n) is 11.8. The number of pyridine rings is 1. The second kappa shape index (κ2) is 9.85. The number of piperazine rings is 1. The van der Waals surface area contributed by atoms with E-state index >= 15 is 0 Å². The van der Waals surface area contributed by atoms with E-state index < -0.39 is 5.78 Å². The van der Waals surface area contributed by atoms with E-state index in [1.165, 1.54) is 5.56 Å². The molecule has 0 saturated carbocycles. The molecule has 0 radical (unpaired) electrons. The number of rotatable bonds is 7. The summed E-state index contributed by atoms with van der Waals surface area (Å²) in [4.78, 5) is 36.8. The second-order valence-corrected chi connectivity index (χ2v) is 9.11. The molecule has 1 aromatic carbocycles. The molecule has 0 bridgehead atoms. The highest BCUT2D eigenvalue weighted by Crippen LogP contribution is 2.29. The summed E-state index contributed by atoms with van der Waals surface area (Å²) in [7, 11) is 2.16. The number of ketones is 1. The number of H-pyrrole nitrogens is 1. The Morgan fingerprint density at radius 2 is 2.03 bits per heavy atom. The monoisotopic (exact) mass is 471 g/mol. The minimum absolute atomic E-state index is 0.0206. The molecular formula is C27H29N5O3. The van der Waals surface area contributed by atoms with Crippen LogP contribution in [0.5, 0.6) is 0 Å². The fourth-order valence-electron chi connectivity index (χ4n) is 4.48. The molecule has 2 N–H and O–H groups in total. The molecule has 0 unspecified atom stereocenters. The molecule has 0 spiro atoms. The van der Waals surface area contributed by atoms with Gasteiger partial charge in [-0.15, -0.1) is 0 Å². The molecule has 8 heteroatoms. The van der Waals surface area contributed by atoms with Crippen LogP contribution in [0.4, 0.5) is 5.69 Å². The van der Waals surface area contributed by atoms with Crippen molar-refractivity contribution in [1.82, 2.24) is 19.8 Å². The van der Waals surface area contributed by atoms with Crippen LogP contribution in [0, 0.1) is 6.92 Å². The Labute approximate surface area is 204 Å². The Kier molecular flexibility index (Phi) is 6.48. The van der Waals surface area contributed by atoms with E-state index in [2.05, 4.69) is 44.3 Å². The van der Waals surface area contributed by atoms with Gasteiger partial charge in [-0.1, -0.05) is 12.1 Å². The van der Waals surface area contributed by atoms with Crippen molar-refractivity contribution >= 4 is 34.9 Å². The number of carbonyl (C=O) groups is 2. The van der Waals surface area contributed by atoms with Gasteiger partial charge in [-0.2, -0.15) is 0 Å². The van der Waals surface area contributed by atoms with Crippen molar-refractivity contribution < 1.29 is 14.3 Å². The van der Waals surface area contributed by atoms with Gasteiger partial charge in [0.2, 0.25) is 11.7 Å². The summed E-state index contributed by atoms with van der Waals surface area (Å²) in [6.07, 6.45) is 6.62. The molecule has 3 aromatic rings. The molecule has 2 aliphatic heterocycles. The van der Waals surface area contributed by atoms with Crippen molar-refractivity contribution in [2.75, 3.05) is 45.1 Å². The number of benzene rings is 1. The number of ether oxygens (including phenoxy) is 1. The van der Waals surface area contributed by atoms with Crippen LogP contribution in [0.15, 0.2) is 59.9 Å². The molecule has 180 valence electrons. The van der Waals surface area contributed by atoms with Gasteiger partial charge in [0, 0.05) is 61.8 Å². The Morgan fingerprint density at radius 3 is 2.80 bits per heavy atom. The van der Waals surface area contributed by atoms with Gasteiger partial charge >= 0.3 is 0 Å². The van der Waals surface area contributed by atoms with Crippen molar-refractivity contribution in [3.63, 3.8) is 0 Å². The first-order chi connectivity index (χ1) is 17.0. The van der Waals surface area contributed by atoms with Crippen LogP contribution in [0.3, 0.4) is 0 Å². The van der Waals surface area contributed by atoms with Gasteiger partial charge in [0.15, 0.2) is 12.0 Å². The van der Waals surface area contributed by atoms with Gasteiger partial charge in [0.05, 0.1) is 0 Å². The number of hydrogen-bond donors (Lipinski definition) is 2. The van der Waals surface area contributed by atoms with Crippen molar-refractivity contribution in [2.45, 2.75) is 13.3 Å². The standard InChI is InChI=1S/C27H29N5O3/c1-18-14-19(7-9-32-12-10-31(2)11-13-32)5-6-23(18)30-27-22(17-33)25(34)24(35-27)15-20-16-29-26-21(20)4-3-8-28-26/h3-6,8,14-17,30H,7,9-13H2,1-2H3,(H,28,29)/b24-15-. The molecule has 1 saturated heterocycles. The van der Waals surface area contributed by atoms with Crippen LogP contribution in [-0.4, -0.2) is 71.6 Å². The zero-order chi connectivity index (χ0) is 24.4. The lowest BCUT2D eigenvalue weighted by Gasteiger charge is -2.32. The highest BCUT2D eigenvalue weighted by molar-refractivity contribution is 6.23. The van der Waals surface area contributed by atoms with Crippen molar-refractivity contribution in [3.05, 3.63) is 76.6 Å². The molecule has 1 fully saturated rings. The van der Waals surface area contributed by atoms with Crippen LogP contribution in [0.1, 0.15) is 16.7 Å². The van der Waals surface area contributed by atoms with E-state index in [1.807, 2.05) is 25.1 Å². The molecule has 0 atom stereocenters. The largest absolute Gasteiger partial charge is 0.436 e. The average Bonchev–Trinajstić information content (AvgIpc) is 3.40. The van der Waals surface area contributed by atoms with Gasteiger partial charge in [0.1, 0.15) is 11.2 Å². The molecule has 2 aliphatic rings. The second-order valence-electron chi connectivity index (χ2n) is 9.11. The van der Waals surface area contributed by atoms with E-state index in [9.17, 15) is 9.59 Å². The summed E-state index contributed by atoms with van der Waals surface area (Å²) >= 11 is 0. The number of anilines is 1. The molecule has 5 rings (SSSR count). The maximum atomic E-state index is 12.8. The number of aldehydes is 1. The molecule has 35 heavy (non-hydrogen) atoms. The number of hydrogen-bond acceptors (Lipinski definition) is 7. The van der Waals surface area contributed by atoms with Gasteiger partial charge in [-0.3, -0.25) is 9.59 Å². The predicted molar refractivity (Wildman–Crippen MR) is 136 cm³/mol. The zero-order valence-electron chi connectivity index (χ0n) is 20.0. The minimum atomic E-state index is -0.442. The topological polar surface area (TPSA) is 90.6 Å². The van der Waals surface area contributed by atoms with Crippen LogP contribution in [0.2, 0.25) is 0 Å². The van der Waals surface area contributed by atoms with Gasteiger partial charge < -0.3 is 24.8 Å². The fraction of sp³-hybridized carbons (Fsp3) is 0.296. The van der Waals surface area contributed by atoms with Gasteiger partial charge in [-0.25, -0.2) is 4.98 Å². The third kappa shape index (κ3) is 4.89. The van der Waals surface area contributed by atoms with Crippen LogP contribution in [0.25, 0.3) is 17.1 Å². The van der Waals surface area contributed by atoms with Gasteiger partial charge in [0.25, 0.3) is 0 Å². The highest BCUT2D eigenvalue weighted by atomic mass is 16.5. The predicted octanol–water partition coefficient (Wildman–Crippen LogP) is 3.12. The van der Waals surface area contributed by atoms with E-state index in [-0.39, 0.29) is 17.2 Å². The maximum absolute atomic E-state index is 12.8. The molecule has 4 heterocycles. The minimum Gasteiger partial charge on any atom is -0.436 e. The Balaban J connectivity index is 1.28. The van der Waals surface area contributed by atoms with E-state index in [0.717, 1.165) is 67.0 Å². The number of allylic oxidation sites excluding steroid dienone is 1. The van der Waals surface area contributed by atoms with E-state index in [0.29, 0.717) is 6.29 Å². The van der Waals surface area contributed by atoms with Crippen LogP contribution >= 0.6 is 0 Å². The highest BCUT2D eigenvalue weighted by Gasteiger charge is 2.31. The molecule has 0 amide bonds. The quantitative estimate of drug-likeness (QED) is 0.311. The van der Waals surface area contributed by atoms with Crippen molar-refractivity contribution in [3.8, 4) is 0 Å². The number of fused-ring (bicyclic) bond motifs is 1. The summed E-state index contributed by atoms with van der Waals surface area (Å²) < 4.78 is 5.83. The maximum Gasteiger partial charge on any atom is 0.236 e. The normalized spacial score (nSPS) is 18.5. The first kappa shape index (κ1) is 23.0. The number of aromatic nitrogens is 2. The molecule has 0 aliphatic carbocycles. The van der Waals surface area contributed by atoms with E-state index in [4.69, 9.17) is 4.74 Å². The zero-order valence-corrected chi connectivity index (χ0v) is 20.0. The van der Waals surface area contributed by atoms with Gasteiger partial charge in [-0.05, 0) is 55.8 Å². The summed E-state index contributed by atoms with van der Waals surface area (Å²) in [6.45, 7) is 7.48. The third-order valence-electron chi connectivity index (χ3n) is 6.66. The lowest BCUT2D eigenvalue weighted by molar-refractivity contribution is -0.115. The summed E-state index contributed by atoms with van der Waals surface area (Å²) in [5.74, 6) is -0.189. The average molecular weight is 472 g/mol. The number of nitrogens with one attached hydrogen (secondary N) is 2. The third-order valence-corrected chi connectivity index (χ3v) is 6.66. The Bertz CT molecular complexity index is 1330. The van der Waals surface area contributed by atoms with Crippen LogP contribution in [-0.2, 0) is 20.7 Å². The smallest absolute Gasteiger partial charge is 0.236 e. The number of Topliss-reactive ketones (excluding diaryl/α,β-unsaturated/α-hetero) is 1. The lowest BCUT2D eigenvalue weighted by Crippen LogP contribution is -2.45. The number of aromatic amines is 1. The van der Waals surface area contributed by atoms with E-state index in [1.54, 1.807) is 18.5 Å². The van der Waals surface area contributed by atoms with Crippen LogP contribution < -0.4 is 5.32 Å². The van der Waals surface area contributed by atoms with Crippen molar-refractivity contribution in [1.29, 1.82) is 0 Å². The summed E-state index contributed by atoms with van der Waals surface area (Å²) in [5, 5.41) is 4.02. The number of aryl methyl sites for hydroxylation is 1. The fourth-order valence-corrected chi connectivity index (χ4v) is 4.48.